The Balaban J connectivity index is 1.71. The first-order valence-electron chi connectivity index (χ1n) is 6.80. The Morgan fingerprint density at radius 2 is 2.33 bits per heavy atom. The molecule has 8 nitrogen and oxygen atoms in total. The van der Waals surface area contributed by atoms with Gasteiger partial charge in [-0.05, 0) is 13.0 Å². The van der Waals surface area contributed by atoms with Gasteiger partial charge in [0.15, 0.2) is 5.82 Å². The van der Waals surface area contributed by atoms with Crippen LogP contribution >= 0.6 is 0 Å². The Morgan fingerprint density at radius 3 is 3.14 bits per heavy atom. The highest BCUT2D eigenvalue weighted by Gasteiger charge is 2.40. The molecule has 0 saturated carbocycles. The number of fused-ring (bicyclic) bond motifs is 1. The van der Waals surface area contributed by atoms with Crippen molar-refractivity contribution < 1.29 is 5.11 Å². The molecular weight excluding hydrogens is 270 g/mol. The molecule has 0 bridgehead atoms. The minimum Gasteiger partial charge on any atom is -0.381 e. The van der Waals surface area contributed by atoms with Gasteiger partial charge in [0.2, 0.25) is 0 Å². The number of nitrogens with zero attached hydrogens (tertiary/aromatic N) is 6. The van der Waals surface area contributed by atoms with Crippen LogP contribution in [-0.4, -0.2) is 48.2 Å². The van der Waals surface area contributed by atoms with Gasteiger partial charge in [0.05, 0.1) is 18.4 Å². The average molecular weight is 285 g/mol. The summed E-state index contributed by atoms with van der Waals surface area (Å²) in [6.45, 7) is 3.10. The Morgan fingerprint density at radius 1 is 1.43 bits per heavy atom. The lowest BCUT2D eigenvalue weighted by Gasteiger charge is -2.22. The van der Waals surface area contributed by atoms with Crippen LogP contribution in [0.25, 0.3) is 5.52 Å². The third kappa shape index (κ3) is 1.87. The predicted molar refractivity (Wildman–Crippen MR) is 74.8 cm³/mol. The van der Waals surface area contributed by atoms with Crippen LogP contribution in [-0.2, 0) is 5.60 Å². The zero-order valence-corrected chi connectivity index (χ0v) is 11.6. The van der Waals surface area contributed by atoms with E-state index >= 15 is 0 Å². The molecule has 1 saturated heterocycles. The van der Waals surface area contributed by atoms with Gasteiger partial charge in [-0.25, -0.2) is 9.50 Å². The van der Waals surface area contributed by atoms with Crippen molar-refractivity contribution in [2.75, 3.05) is 18.0 Å². The number of aliphatic hydroxyl groups is 1. The highest BCUT2D eigenvalue weighted by Crippen LogP contribution is 2.33. The minimum atomic E-state index is -0.990. The molecule has 8 heteroatoms. The number of hydrogen-bond donors (Lipinski definition) is 2. The van der Waals surface area contributed by atoms with E-state index in [-0.39, 0.29) is 0 Å². The zero-order valence-electron chi connectivity index (χ0n) is 11.6. The van der Waals surface area contributed by atoms with Gasteiger partial charge in [-0.2, -0.15) is 20.5 Å². The number of anilines is 1. The number of aromatic amines is 1. The average Bonchev–Trinajstić information content (AvgIpc) is 3.15. The van der Waals surface area contributed by atoms with Crippen molar-refractivity contribution in [3.05, 3.63) is 36.0 Å². The molecule has 108 valence electrons. The molecule has 3 aromatic rings. The Bertz CT molecular complexity index is 781. The number of β-amino-alcohol motifs (C(OH)–C–C–N with tert-alkyl or cyclic N) is 1. The summed E-state index contributed by atoms with van der Waals surface area (Å²) >= 11 is 0. The van der Waals surface area contributed by atoms with E-state index in [4.69, 9.17) is 0 Å². The smallest absolute Gasteiger partial charge is 0.154 e. The third-order valence-electron chi connectivity index (χ3n) is 3.93. The van der Waals surface area contributed by atoms with Crippen LogP contribution in [0.2, 0.25) is 0 Å². The van der Waals surface area contributed by atoms with Crippen LogP contribution < -0.4 is 4.90 Å². The fourth-order valence-electron chi connectivity index (χ4n) is 2.88. The summed E-state index contributed by atoms with van der Waals surface area (Å²) in [6.07, 6.45) is 5.71. The molecule has 4 heterocycles. The van der Waals surface area contributed by atoms with Gasteiger partial charge < -0.3 is 10.0 Å². The Kier molecular flexibility index (Phi) is 2.49. The molecule has 1 aliphatic heterocycles. The normalized spacial score (nSPS) is 22.3. The summed E-state index contributed by atoms with van der Waals surface area (Å²) in [5.74, 6) is 0.831. The molecule has 0 radical (unpaired) electrons. The second-order valence-corrected chi connectivity index (χ2v) is 5.42. The molecule has 2 N–H and O–H groups in total. The quantitative estimate of drug-likeness (QED) is 0.701. The van der Waals surface area contributed by atoms with Crippen LogP contribution in [0.3, 0.4) is 0 Å². The highest BCUT2D eigenvalue weighted by molar-refractivity contribution is 5.69. The summed E-state index contributed by atoms with van der Waals surface area (Å²) in [5.41, 5.74) is 1.47. The summed E-state index contributed by atoms with van der Waals surface area (Å²) in [7, 11) is 0. The van der Waals surface area contributed by atoms with Crippen LogP contribution in [0.4, 0.5) is 5.82 Å². The van der Waals surface area contributed by atoms with Crippen LogP contribution in [0.5, 0.6) is 0 Å². The zero-order chi connectivity index (χ0) is 14.4. The first kappa shape index (κ1) is 12.3. The van der Waals surface area contributed by atoms with Crippen molar-refractivity contribution in [3.63, 3.8) is 0 Å². The maximum absolute atomic E-state index is 10.7. The van der Waals surface area contributed by atoms with Gasteiger partial charge in [0, 0.05) is 25.4 Å². The molecule has 21 heavy (non-hydrogen) atoms. The van der Waals surface area contributed by atoms with Crippen molar-refractivity contribution in [1.82, 2.24) is 30.0 Å². The summed E-state index contributed by atoms with van der Waals surface area (Å²) in [4.78, 5) is 6.52. The molecule has 0 aromatic carbocycles. The van der Waals surface area contributed by atoms with Crippen molar-refractivity contribution in [1.29, 1.82) is 0 Å². The van der Waals surface area contributed by atoms with Gasteiger partial charge in [0.25, 0.3) is 0 Å². The van der Waals surface area contributed by atoms with E-state index in [1.165, 1.54) is 0 Å². The first-order chi connectivity index (χ1) is 10.2. The number of hydrogen-bond acceptors (Lipinski definition) is 6. The van der Waals surface area contributed by atoms with Crippen molar-refractivity contribution >= 4 is 11.3 Å². The van der Waals surface area contributed by atoms with Crippen molar-refractivity contribution in [3.8, 4) is 0 Å². The van der Waals surface area contributed by atoms with Crippen molar-refractivity contribution in [2.45, 2.75) is 18.9 Å². The molecule has 1 fully saturated rings. The van der Waals surface area contributed by atoms with E-state index in [1.807, 2.05) is 23.7 Å². The molecule has 4 rings (SSSR count). The Labute approximate surface area is 120 Å². The SMILES string of the molecule is Cc1cc2c(N3CC[C@](O)(c4cn[nH]n4)C3)nccn2n1. The third-order valence-corrected chi connectivity index (χ3v) is 3.93. The molecule has 3 aromatic heterocycles. The number of H-pyrrole nitrogens is 1. The topological polar surface area (TPSA) is 95.2 Å². The summed E-state index contributed by atoms with van der Waals surface area (Å²) in [6, 6.07) is 2.00. The molecule has 0 aliphatic carbocycles. The lowest BCUT2D eigenvalue weighted by molar-refractivity contribution is 0.0559. The number of aryl methyl sites for hydroxylation is 1. The van der Waals surface area contributed by atoms with E-state index in [9.17, 15) is 5.11 Å². The number of rotatable bonds is 2. The van der Waals surface area contributed by atoms with Gasteiger partial charge in [-0.15, -0.1) is 0 Å². The maximum Gasteiger partial charge on any atom is 0.154 e. The second-order valence-electron chi connectivity index (χ2n) is 5.42. The standard InChI is InChI=1S/C13H15N7O/c1-9-6-10-12(14-3-5-20(10)17-9)19-4-2-13(21,8-19)11-7-15-18-16-11/h3,5-7,21H,2,4,8H2,1H3,(H,15,16,18)/t13-/m1/s1. The summed E-state index contributed by atoms with van der Waals surface area (Å²) in [5, 5.41) is 25.5. The van der Waals surface area contributed by atoms with E-state index in [1.54, 1.807) is 12.4 Å². The van der Waals surface area contributed by atoms with Crippen LogP contribution in [0.1, 0.15) is 17.8 Å². The highest BCUT2D eigenvalue weighted by atomic mass is 16.3. The predicted octanol–water partition coefficient (Wildman–Crippen LogP) is 0.254. The van der Waals surface area contributed by atoms with Crippen LogP contribution in [0, 0.1) is 6.92 Å². The minimum absolute atomic E-state index is 0.441. The lowest BCUT2D eigenvalue weighted by atomic mass is 10.0. The fourth-order valence-corrected chi connectivity index (χ4v) is 2.88. The molecule has 1 aliphatic rings. The molecular formula is C13H15N7O. The number of aromatic nitrogens is 6. The number of nitrogens with one attached hydrogen (secondary N) is 1. The maximum atomic E-state index is 10.7. The molecule has 0 unspecified atom stereocenters. The summed E-state index contributed by atoms with van der Waals surface area (Å²) < 4.78 is 1.81. The molecule has 0 amide bonds. The second kappa shape index (κ2) is 4.26. The molecule has 0 spiro atoms. The van der Waals surface area contributed by atoms with Gasteiger partial charge in [-0.3, -0.25) is 0 Å². The lowest BCUT2D eigenvalue weighted by Crippen LogP contribution is -2.31. The van der Waals surface area contributed by atoms with E-state index < -0.39 is 5.60 Å². The van der Waals surface area contributed by atoms with Crippen LogP contribution in [0.15, 0.2) is 24.7 Å². The fraction of sp³-hybridized carbons (Fsp3) is 0.385. The van der Waals surface area contributed by atoms with E-state index in [0.29, 0.717) is 25.2 Å². The largest absolute Gasteiger partial charge is 0.381 e. The van der Waals surface area contributed by atoms with E-state index in [2.05, 4.69) is 30.4 Å². The van der Waals surface area contributed by atoms with Gasteiger partial charge >= 0.3 is 0 Å². The molecule has 1 atom stereocenters. The Hall–Kier alpha value is -2.48. The van der Waals surface area contributed by atoms with Crippen molar-refractivity contribution in [2.24, 2.45) is 0 Å². The first-order valence-corrected chi connectivity index (χ1v) is 6.80. The van der Waals surface area contributed by atoms with E-state index in [0.717, 1.165) is 17.0 Å². The van der Waals surface area contributed by atoms with Gasteiger partial charge in [-0.1, -0.05) is 0 Å². The monoisotopic (exact) mass is 285 g/mol. The van der Waals surface area contributed by atoms with Gasteiger partial charge in [0.1, 0.15) is 16.8 Å².